The summed E-state index contributed by atoms with van der Waals surface area (Å²) in [4.78, 5) is 0. The van der Waals surface area contributed by atoms with E-state index in [4.69, 9.17) is 31.3 Å². The van der Waals surface area contributed by atoms with Gasteiger partial charge in [-0.05, 0) is 66.5 Å². The van der Waals surface area contributed by atoms with Gasteiger partial charge in [0.1, 0.15) is 0 Å². The Morgan fingerprint density at radius 2 is 0.724 bits per heavy atom. The summed E-state index contributed by atoms with van der Waals surface area (Å²) in [6.45, 7) is 18.3. The van der Waals surface area contributed by atoms with Gasteiger partial charge in [0.15, 0.2) is 10.8 Å². The van der Waals surface area contributed by atoms with E-state index in [1.807, 2.05) is 67.5 Å². The van der Waals surface area contributed by atoms with Crippen molar-refractivity contribution in [1.82, 2.24) is 0 Å². The van der Waals surface area contributed by atoms with Gasteiger partial charge >= 0.3 is 17.6 Å². The molecule has 0 atom stereocenters. The van der Waals surface area contributed by atoms with E-state index in [1.54, 1.807) is 0 Å². The summed E-state index contributed by atoms with van der Waals surface area (Å²) < 4.78 is 42.9. The van der Waals surface area contributed by atoms with Crippen molar-refractivity contribution in [2.24, 2.45) is 0 Å². The first-order valence-electron chi connectivity index (χ1n) is 10.9. The Kier molecular flexibility index (Phi) is 15.9. The van der Waals surface area contributed by atoms with E-state index in [9.17, 15) is 0 Å². The molecule has 0 N–H and O–H groups in total. The highest BCUT2D eigenvalue weighted by Gasteiger charge is 2.53. The quantitative estimate of drug-likeness (QED) is 0.220. The Balaban J connectivity index is 6.32. The van der Waals surface area contributed by atoms with E-state index in [0.29, 0.717) is 50.4 Å². The molecule has 0 fully saturated rings. The number of rotatable bonds is 18. The molecule has 0 aliphatic heterocycles. The molecular weight excluding hydrogens is 408 g/mol. The van der Waals surface area contributed by atoms with E-state index in [0.717, 1.165) is 12.8 Å². The third-order valence-corrected chi connectivity index (χ3v) is 9.44. The molecule has 0 amide bonds. The fourth-order valence-electron chi connectivity index (χ4n) is 2.76. The fraction of sp³-hybridized carbons (Fsp3) is 0.800. The molecule has 0 aliphatic carbocycles. The van der Waals surface area contributed by atoms with Gasteiger partial charge in [-0.15, -0.1) is 0 Å². The molecular formula is C20H42O7Si2. The molecule has 7 nitrogen and oxygen atoms in total. The molecule has 0 aromatic rings. The largest absolute Gasteiger partial charge is 0.574 e. The van der Waals surface area contributed by atoms with Gasteiger partial charge in [-0.1, -0.05) is 13.8 Å². The molecule has 0 saturated heterocycles. The van der Waals surface area contributed by atoms with Crippen LogP contribution in [0, 0.1) is 0 Å². The highest BCUT2D eigenvalue weighted by molar-refractivity contribution is 6.70. The van der Waals surface area contributed by atoms with Crippen LogP contribution in [0.2, 0.25) is 0 Å². The standard InChI is InChI=1S/C20H42O7Si2/c1-9-17-19(28(21-11-3,22-12-4)23-13-5)27-20(18-10-2)29(24-14-6,25-15-7)26-16-8/h17-18H,9-16H2,1-8H3/b19-17+,20-18+. The lowest BCUT2D eigenvalue weighted by atomic mass is 10.5. The third kappa shape index (κ3) is 8.62. The first-order chi connectivity index (χ1) is 14.0. The average Bonchev–Trinajstić information content (AvgIpc) is 2.68. The summed E-state index contributed by atoms with van der Waals surface area (Å²) in [6.07, 6.45) is 5.39. The zero-order chi connectivity index (χ0) is 22.2. The van der Waals surface area contributed by atoms with Crippen LogP contribution in [-0.2, 0) is 31.3 Å². The second-order valence-corrected chi connectivity index (χ2v) is 10.7. The molecule has 0 rings (SSSR count). The molecule has 0 heterocycles. The van der Waals surface area contributed by atoms with Crippen LogP contribution in [0.3, 0.4) is 0 Å². The van der Waals surface area contributed by atoms with Gasteiger partial charge in [-0.25, -0.2) is 0 Å². The van der Waals surface area contributed by atoms with Crippen molar-refractivity contribution >= 4 is 17.6 Å². The maximum Gasteiger partial charge on any atom is 0.574 e. The Labute approximate surface area is 180 Å². The van der Waals surface area contributed by atoms with Gasteiger partial charge in [-0.3, -0.25) is 0 Å². The molecule has 0 aromatic carbocycles. The Morgan fingerprint density at radius 3 is 0.897 bits per heavy atom. The van der Waals surface area contributed by atoms with Gasteiger partial charge in [0.05, 0.1) is 0 Å². The normalized spacial score (nSPS) is 13.8. The van der Waals surface area contributed by atoms with Crippen LogP contribution in [0.5, 0.6) is 0 Å². The first kappa shape index (κ1) is 28.5. The molecule has 9 heteroatoms. The number of hydrogen-bond acceptors (Lipinski definition) is 7. The van der Waals surface area contributed by atoms with Crippen LogP contribution in [-0.4, -0.2) is 57.3 Å². The number of ether oxygens (including phenoxy) is 1. The highest BCUT2D eigenvalue weighted by atomic mass is 28.4. The lowest BCUT2D eigenvalue weighted by molar-refractivity contribution is 0.0490. The van der Waals surface area contributed by atoms with Crippen molar-refractivity contribution in [3.05, 3.63) is 22.9 Å². The Morgan fingerprint density at radius 1 is 0.483 bits per heavy atom. The number of allylic oxidation sites excluding steroid dienone is 2. The minimum atomic E-state index is -3.23. The van der Waals surface area contributed by atoms with Crippen molar-refractivity contribution in [1.29, 1.82) is 0 Å². The first-order valence-corrected chi connectivity index (χ1v) is 14.4. The lowest BCUT2D eigenvalue weighted by Gasteiger charge is -2.34. The van der Waals surface area contributed by atoms with Crippen LogP contribution in [0.1, 0.15) is 68.2 Å². The van der Waals surface area contributed by atoms with Gasteiger partial charge < -0.3 is 31.3 Å². The summed E-state index contributed by atoms with van der Waals surface area (Å²) in [5.41, 5.74) is 0. The predicted molar refractivity (Wildman–Crippen MR) is 119 cm³/mol. The van der Waals surface area contributed by atoms with Crippen molar-refractivity contribution in [2.45, 2.75) is 68.2 Å². The zero-order valence-electron chi connectivity index (χ0n) is 19.7. The molecule has 29 heavy (non-hydrogen) atoms. The van der Waals surface area contributed by atoms with Crippen LogP contribution >= 0.6 is 0 Å². The smallest absolute Gasteiger partial charge is 0.460 e. The summed E-state index contributed by atoms with van der Waals surface area (Å²) >= 11 is 0. The van der Waals surface area contributed by atoms with E-state index in [-0.39, 0.29) is 0 Å². The summed E-state index contributed by atoms with van der Waals surface area (Å²) in [5.74, 6) is 0. The maximum atomic E-state index is 6.47. The van der Waals surface area contributed by atoms with E-state index >= 15 is 0 Å². The van der Waals surface area contributed by atoms with E-state index in [2.05, 4.69) is 0 Å². The van der Waals surface area contributed by atoms with Crippen LogP contribution in [0.15, 0.2) is 22.9 Å². The number of hydrogen-bond donors (Lipinski definition) is 0. The molecule has 0 spiro atoms. The fourth-order valence-corrected chi connectivity index (χ4v) is 7.88. The van der Waals surface area contributed by atoms with Crippen molar-refractivity contribution < 1.29 is 31.3 Å². The maximum absolute atomic E-state index is 6.47. The molecule has 0 unspecified atom stereocenters. The Hall–Kier alpha value is -0.526. The third-order valence-electron chi connectivity index (χ3n) is 3.61. The second kappa shape index (κ2) is 16.2. The van der Waals surface area contributed by atoms with E-state index in [1.165, 1.54) is 0 Å². The second-order valence-electron chi connectivity index (χ2n) is 5.77. The predicted octanol–water partition coefficient (Wildman–Crippen LogP) is 4.77. The van der Waals surface area contributed by atoms with E-state index < -0.39 is 17.6 Å². The van der Waals surface area contributed by atoms with Gasteiger partial charge in [-0.2, -0.15) is 0 Å². The van der Waals surface area contributed by atoms with Crippen LogP contribution in [0.4, 0.5) is 0 Å². The highest BCUT2D eigenvalue weighted by Crippen LogP contribution is 2.30. The average molecular weight is 451 g/mol. The lowest BCUT2D eigenvalue weighted by Crippen LogP contribution is -2.53. The minimum Gasteiger partial charge on any atom is -0.460 e. The van der Waals surface area contributed by atoms with Gasteiger partial charge in [0.25, 0.3) is 0 Å². The summed E-state index contributed by atoms with van der Waals surface area (Å²) in [6, 6.07) is 0. The Bertz CT molecular complexity index is 407. The monoisotopic (exact) mass is 450 g/mol. The molecule has 0 aliphatic rings. The molecule has 0 bridgehead atoms. The zero-order valence-corrected chi connectivity index (χ0v) is 21.7. The molecule has 172 valence electrons. The minimum absolute atomic E-state index is 0.453. The van der Waals surface area contributed by atoms with Crippen molar-refractivity contribution in [3.63, 3.8) is 0 Å². The molecule has 0 saturated carbocycles. The summed E-state index contributed by atoms with van der Waals surface area (Å²) in [5, 5.41) is 1.11. The molecule has 0 aromatic heterocycles. The SMILES string of the molecule is CC/C=C(\O/C(=C\CC)[Si](OCC)(OCC)OCC)[Si](OCC)(OCC)OCC. The van der Waals surface area contributed by atoms with Crippen molar-refractivity contribution in [3.8, 4) is 0 Å². The summed E-state index contributed by atoms with van der Waals surface area (Å²) in [7, 11) is -6.46. The van der Waals surface area contributed by atoms with Gasteiger partial charge in [0, 0.05) is 39.6 Å². The topological polar surface area (TPSA) is 64.6 Å². The van der Waals surface area contributed by atoms with Crippen LogP contribution in [0.25, 0.3) is 0 Å². The molecule has 0 radical (unpaired) electrons. The van der Waals surface area contributed by atoms with Crippen LogP contribution < -0.4 is 0 Å². The van der Waals surface area contributed by atoms with Gasteiger partial charge in [0.2, 0.25) is 0 Å². The van der Waals surface area contributed by atoms with Crippen molar-refractivity contribution in [2.75, 3.05) is 39.6 Å².